The fourth-order valence-electron chi connectivity index (χ4n) is 6.36. The molecule has 0 N–H and O–H groups in total. The van der Waals surface area contributed by atoms with Gasteiger partial charge in [-0.1, -0.05) is 38.9 Å². The topological polar surface area (TPSA) is 69.9 Å². The second kappa shape index (κ2) is 7.31. The number of nitrogens with zero attached hydrogens (tertiary/aromatic N) is 2. The van der Waals surface area contributed by atoms with Crippen LogP contribution in [0.5, 0.6) is 0 Å². The number of carbonyl (C=O) groups is 2. The number of oxime groups is 1. The van der Waals surface area contributed by atoms with Crippen LogP contribution in [0.3, 0.4) is 0 Å². The average Bonchev–Trinajstić information content (AvgIpc) is 3.25. The lowest BCUT2D eigenvalue weighted by Crippen LogP contribution is -2.48. The molecule has 186 valence electrons. The van der Waals surface area contributed by atoms with Crippen LogP contribution >= 0.6 is 0 Å². The summed E-state index contributed by atoms with van der Waals surface area (Å²) < 4.78 is 7.99. The molecule has 6 heteroatoms. The van der Waals surface area contributed by atoms with Gasteiger partial charge in [-0.05, 0) is 88.1 Å². The standard InChI is InChI=1S/C29H36N2O4/c1-17-9-10-20(13-18(17)2)31-19(3)14-21-22(15-26(4,5)16-23(21)31)30-35-25(33)29-12-11-28(8,24(32)34-29)27(29,6)7/h9-10,13-14H,11-12,15-16H2,1-8H3/b30-22+. The third-order valence-corrected chi connectivity index (χ3v) is 9.29. The van der Waals surface area contributed by atoms with E-state index in [0.717, 1.165) is 29.1 Å². The number of fused-ring (bicyclic) bond motifs is 3. The first-order chi connectivity index (χ1) is 16.2. The number of hydrogen-bond donors (Lipinski definition) is 0. The highest BCUT2D eigenvalue weighted by molar-refractivity contribution is 6.03. The maximum atomic E-state index is 13.4. The van der Waals surface area contributed by atoms with Crippen molar-refractivity contribution >= 4 is 17.7 Å². The van der Waals surface area contributed by atoms with E-state index in [1.165, 1.54) is 16.8 Å². The number of esters is 1. The summed E-state index contributed by atoms with van der Waals surface area (Å²) in [7, 11) is 0. The molecule has 0 spiro atoms. The lowest BCUT2D eigenvalue weighted by Gasteiger charge is -2.34. The van der Waals surface area contributed by atoms with Crippen molar-refractivity contribution in [1.29, 1.82) is 0 Å². The summed E-state index contributed by atoms with van der Waals surface area (Å²) in [6.45, 7) is 16.5. The Morgan fingerprint density at radius 1 is 1.00 bits per heavy atom. The Morgan fingerprint density at radius 2 is 1.71 bits per heavy atom. The number of aromatic nitrogens is 1. The van der Waals surface area contributed by atoms with Crippen molar-refractivity contribution in [3.63, 3.8) is 0 Å². The maximum Gasteiger partial charge on any atom is 0.378 e. The third-order valence-electron chi connectivity index (χ3n) is 9.29. The molecule has 2 fully saturated rings. The van der Waals surface area contributed by atoms with Crippen LogP contribution in [0.15, 0.2) is 29.4 Å². The summed E-state index contributed by atoms with van der Waals surface area (Å²) in [5.41, 5.74) is 5.04. The molecule has 6 nitrogen and oxygen atoms in total. The molecular weight excluding hydrogens is 440 g/mol. The van der Waals surface area contributed by atoms with Gasteiger partial charge in [0, 0.05) is 28.1 Å². The Morgan fingerprint density at radius 3 is 2.31 bits per heavy atom. The predicted octanol–water partition coefficient (Wildman–Crippen LogP) is 5.74. The lowest BCUT2D eigenvalue weighted by molar-refractivity contribution is -0.183. The van der Waals surface area contributed by atoms with Gasteiger partial charge in [-0.3, -0.25) is 4.79 Å². The molecule has 1 aromatic heterocycles. The van der Waals surface area contributed by atoms with E-state index in [2.05, 4.69) is 68.6 Å². The van der Waals surface area contributed by atoms with Crippen LogP contribution in [0.1, 0.15) is 82.0 Å². The number of rotatable bonds is 3. The molecule has 0 radical (unpaired) electrons. The summed E-state index contributed by atoms with van der Waals surface area (Å²) in [4.78, 5) is 31.6. The van der Waals surface area contributed by atoms with Crippen LogP contribution < -0.4 is 0 Å². The molecule has 2 heterocycles. The molecule has 1 saturated heterocycles. The molecule has 2 atom stereocenters. The van der Waals surface area contributed by atoms with Crippen LogP contribution in [0.25, 0.3) is 5.69 Å². The normalized spacial score (nSPS) is 29.3. The van der Waals surface area contributed by atoms with Gasteiger partial charge in [0.2, 0.25) is 5.60 Å². The summed E-state index contributed by atoms with van der Waals surface area (Å²) in [6, 6.07) is 8.66. The lowest BCUT2D eigenvalue weighted by atomic mass is 9.66. The SMILES string of the molecule is Cc1ccc(-n2c(C)cc3c2CC(C)(C)C/C3=N\OC(=O)C23CCC(C)(C(=O)O2)C3(C)C)cc1C. The van der Waals surface area contributed by atoms with Gasteiger partial charge in [-0.25, -0.2) is 4.79 Å². The molecule has 5 rings (SSSR count). The van der Waals surface area contributed by atoms with Crippen LogP contribution in [0, 0.1) is 37.0 Å². The van der Waals surface area contributed by atoms with Gasteiger partial charge in [0.15, 0.2) is 0 Å². The zero-order chi connectivity index (χ0) is 25.6. The first kappa shape index (κ1) is 23.8. The van der Waals surface area contributed by atoms with Gasteiger partial charge in [-0.2, -0.15) is 0 Å². The van der Waals surface area contributed by atoms with Crippen LogP contribution in [0.4, 0.5) is 0 Å². The smallest absolute Gasteiger partial charge is 0.378 e. The Hall–Kier alpha value is -2.89. The van der Waals surface area contributed by atoms with E-state index in [-0.39, 0.29) is 11.4 Å². The van der Waals surface area contributed by atoms with E-state index in [1.54, 1.807) is 0 Å². The zero-order valence-electron chi connectivity index (χ0n) is 22.2. The molecule has 2 unspecified atom stereocenters. The van der Waals surface area contributed by atoms with Crippen molar-refractivity contribution in [1.82, 2.24) is 4.57 Å². The van der Waals surface area contributed by atoms with E-state index >= 15 is 0 Å². The minimum atomic E-state index is -1.28. The maximum absolute atomic E-state index is 13.4. The molecular formula is C29H36N2O4. The van der Waals surface area contributed by atoms with E-state index in [0.29, 0.717) is 19.3 Å². The van der Waals surface area contributed by atoms with Gasteiger partial charge in [0.25, 0.3) is 0 Å². The monoisotopic (exact) mass is 476 g/mol. The predicted molar refractivity (Wildman–Crippen MR) is 135 cm³/mol. The molecule has 0 amide bonds. The zero-order valence-corrected chi connectivity index (χ0v) is 22.2. The first-order valence-electron chi connectivity index (χ1n) is 12.5. The molecule has 2 bridgehead atoms. The molecule has 35 heavy (non-hydrogen) atoms. The van der Waals surface area contributed by atoms with Gasteiger partial charge in [-0.15, -0.1) is 0 Å². The number of hydrogen-bond acceptors (Lipinski definition) is 5. The van der Waals surface area contributed by atoms with Crippen molar-refractivity contribution in [3.05, 3.63) is 52.3 Å². The summed E-state index contributed by atoms with van der Waals surface area (Å²) >= 11 is 0. The van der Waals surface area contributed by atoms with Gasteiger partial charge in [0.1, 0.15) is 0 Å². The highest BCUT2D eigenvalue weighted by Crippen LogP contribution is 2.65. The summed E-state index contributed by atoms with van der Waals surface area (Å²) in [5.74, 6) is -0.889. The number of benzene rings is 1. The second-order valence-corrected chi connectivity index (χ2v) is 12.4. The van der Waals surface area contributed by atoms with E-state index in [1.807, 2.05) is 20.8 Å². The number of aryl methyl sites for hydroxylation is 3. The van der Waals surface area contributed by atoms with Crippen LogP contribution in [-0.4, -0.2) is 27.8 Å². The summed E-state index contributed by atoms with van der Waals surface area (Å²) in [5, 5.41) is 4.43. The molecule has 1 aliphatic heterocycles. The quantitative estimate of drug-likeness (QED) is 0.322. The largest absolute Gasteiger partial charge is 0.446 e. The Bertz CT molecular complexity index is 1300. The van der Waals surface area contributed by atoms with E-state index < -0.39 is 22.4 Å². The fourth-order valence-corrected chi connectivity index (χ4v) is 6.36. The molecule has 2 aromatic rings. The van der Waals surface area contributed by atoms with Crippen molar-refractivity contribution < 1.29 is 19.2 Å². The highest BCUT2D eigenvalue weighted by atomic mass is 16.7. The van der Waals surface area contributed by atoms with Crippen molar-refractivity contribution in [2.45, 2.75) is 86.7 Å². The van der Waals surface area contributed by atoms with Crippen molar-refractivity contribution in [2.75, 3.05) is 0 Å². The number of ether oxygens (including phenoxy) is 1. The van der Waals surface area contributed by atoms with Gasteiger partial charge >= 0.3 is 11.9 Å². The number of carbonyl (C=O) groups excluding carboxylic acids is 2. The Labute approximate surface area is 207 Å². The third kappa shape index (κ3) is 3.18. The molecule has 1 saturated carbocycles. The molecule has 3 aliphatic rings. The molecule has 1 aromatic carbocycles. The minimum Gasteiger partial charge on any atom is -0.446 e. The summed E-state index contributed by atoms with van der Waals surface area (Å²) in [6.07, 6.45) is 2.66. The van der Waals surface area contributed by atoms with Crippen molar-refractivity contribution in [3.8, 4) is 5.69 Å². The van der Waals surface area contributed by atoms with Crippen molar-refractivity contribution in [2.24, 2.45) is 21.4 Å². The molecule has 2 aliphatic carbocycles. The fraction of sp³-hybridized carbons (Fsp3) is 0.552. The Kier molecular flexibility index (Phi) is 4.98. The minimum absolute atomic E-state index is 0.0517. The van der Waals surface area contributed by atoms with Gasteiger partial charge in [0.05, 0.1) is 11.1 Å². The highest BCUT2D eigenvalue weighted by Gasteiger charge is 2.76. The van der Waals surface area contributed by atoms with E-state index in [4.69, 9.17) is 9.57 Å². The second-order valence-electron chi connectivity index (χ2n) is 12.4. The van der Waals surface area contributed by atoms with Crippen LogP contribution in [-0.2, 0) is 25.6 Å². The van der Waals surface area contributed by atoms with Crippen LogP contribution in [0.2, 0.25) is 0 Å². The first-order valence-corrected chi connectivity index (χ1v) is 12.5. The van der Waals surface area contributed by atoms with Gasteiger partial charge < -0.3 is 14.1 Å². The Balaban J connectivity index is 1.52. The van der Waals surface area contributed by atoms with E-state index in [9.17, 15) is 9.59 Å². The average molecular weight is 477 g/mol.